The van der Waals surface area contributed by atoms with Crippen LogP contribution in [0.3, 0.4) is 0 Å². The van der Waals surface area contributed by atoms with Crippen LogP contribution < -0.4 is 5.69 Å². The lowest BCUT2D eigenvalue weighted by atomic mass is 10.1. The Hall–Kier alpha value is -1.63. The first-order valence-electron chi connectivity index (χ1n) is 5.66. The Morgan fingerprint density at radius 2 is 2.05 bits per heavy atom. The van der Waals surface area contributed by atoms with Gasteiger partial charge in [0.1, 0.15) is 6.26 Å². The third-order valence-corrected chi connectivity index (χ3v) is 3.78. The van der Waals surface area contributed by atoms with Crippen molar-refractivity contribution in [1.82, 2.24) is 9.55 Å². The molecule has 7 heteroatoms. The monoisotopic (exact) mass is 310 g/mol. The number of Topliss-reactive ketones (excluding diaryl/α,β-unsaturated/α-hetero) is 1. The van der Waals surface area contributed by atoms with Crippen molar-refractivity contribution >= 4 is 28.6 Å². The minimum Gasteiger partial charge on any atom is -0.612 e. The lowest BCUT2D eigenvalue weighted by Crippen LogP contribution is -2.25. The van der Waals surface area contributed by atoms with Crippen LogP contribution in [-0.2, 0) is 17.7 Å². The molecule has 20 heavy (non-hydrogen) atoms. The van der Waals surface area contributed by atoms with Crippen molar-refractivity contribution in [3.05, 3.63) is 57.7 Å². The summed E-state index contributed by atoms with van der Waals surface area (Å²) in [5.41, 5.74) is -0.0971. The molecule has 0 radical (unpaired) electrons. The van der Waals surface area contributed by atoms with Crippen LogP contribution in [0.5, 0.6) is 0 Å². The third kappa shape index (κ3) is 3.47. The van der Waals surface area contributed by atoms with Gasteiger partial charge in [-0.25, -0.2) is 9.78 Å². The van der Waals surface area contributed by atoms with E-state index in [-0.39, 0.29) is 17.4 Å². The van der Waals surface area contributed by atoms with Crippen molar-refractivity contribution in [1.29, 1.82) is 0 Å². The molecule has 2 aromatic rings. The summed E-state index contributed by atoms with van der Waals surface area (Å²) >= 11 is 4.65. The molecule has 1 heterocycles. The highest BCUT2D eigenvalue weighted by Crippen LogP contribution is 2.11. The fraction of sp³-hybridized carbons (Fsp3) is 0.154. The zero-order valence-corrected chi connectivity index (χ0v) is 12.1. The number of halogens is 1. The number of rotatable bonds is 4. The van der Waals surface area contributed by atoms with Gasteiger partial charge in [0.2, 0.25) is 0 Å². The summed E-state index contributed by atoms with van der Waals surface area (Å²) in [5, 5.41) is 0.286. The summed E-state index contributed by atoms with van der Waals surface area (Å²) in [7, 11) is 0. The Kier molecular flexibility index (Phi) is 4.59. The van der Waals surface area contributed by atoms with Gasteiger partial charge >= 0.3 is 5.69 Å². The first-order chi connectivity index (χ1) is 9.47. The quantitative estimate of drug-likeness (QED) is 0.634. The normalized spacial score (nSPS) is 12.2. The van der Waals surface area contributed by atoms with Gasteiger partial charge < -0.3 is 4.55 Å². The number of hydrogen-bond donors (Lipinski definition) is 0. The summed E-state index contributed by atoms with van der Waals surface area (Å²) in [4.78, 5) is 27.7. The number of benzene rings is 1. The lowest BCUT2D eigenvalue weighted by Gasteiger charge is -2.06. The molecule has 0 aliphatic heterocycles. The Bertz CT molecular complexity index is 683. The van der Waals surface area contributed by atoms with Crippen LogP contribution >= 0.6 is 11.6 Å². The molecule has 1 aromatic heterocycles. The van der Waals surface area contributed by atoms with Gasteiger partial charge in [-0.15, -0.1) is 0 Å². The molecule has 0 saturated heterocycles. The van der Waals surface area contributed by atoms with Crippen molar-refractivity contribution in [2.75, 3.05) is 6.26 Å². The predicted octanol–water partition coefficient (Wildman–Crippen LogP) is 1.52. The summed E-state index contributed by atoms with van der Waals surface area (Å²) in [6.07, 6.45) is 4.16. The van der Waals surface area contributed by atoms with Crippen LogP contribution in [-0.4, -0.2) is 26.1 Å². The van der Waals surface area contributed by atoms with Gasteiger partial charge in [0.05, 0.1) is 17.8 Å². The van der Waals surface area contributed by atoms with Crippen molar-refractivity contribution in [3.8, 4) is 0 Å². The fourth-order valence-corrected chi connectivity index (χ4v) is 2.31. The van der Waals surface area contributed by atoms with Crippen LogP contribution in [0.2, 0.25) is 5.02 Å². The first-order valence-corrected chi connectivity index (χ1v) is 7.59. The summed E-state index contributed by atoms with van der Waals surface area (Å²) in [6.45, 7) is -0.138. The Labute approximate surface area is 123 Å². The van der Waals surface area contributed by atoms with E-state index in [1.165, 1.54) is 12.4 Å². The van der Waals surface area contributed by atoms with E-state index in [0.29, 0.717) is 10.5 Å². The van der Waals surface area contributed by atoms with Crippen LogP contribution in [0.4, 0.5) is 0 Å². The van der Waals surface area contributed by atoms with E-state index in [4.69, 9.17) is 11.6 Å². The van der Waals surface area contributed by atoms with Gasteiger partial charge in [-0.1, -0.05) is 11.6 Å². The van der Waals surface area contributed by atoms with E-state index in [2.05, 4.69) is 4.98 Å². The molecule has 0 N–H and O–H groups in total. The Morgan fingerprint density at radius 1 is 1.40 bits per heavy atom. The van der Waals surface area contributed by atoms with Crippen LogP contribution in [0.25, 0.3) is 0 Å². The standard InChI is InChI=1S/C13H11ClN2O3S/c1-20(19)11-4-2-9(3-5-11)12(17)8-16-7-10(14)6-15-13(16)18/h2-7H,8H2,1H3. The number of carbonyl (C=O) groups excluding carboxylic acids is 1. The van der Waals surface area contributed by atoms with Gasteiger partial charge in [0.25, 0.3) is 0 Å². The predicted molar refractivity (Wildman–Crippen MR) is 76.6 cm³/mol. The fourth-order valence-electron chi connectivity index (χ4n) is 1.62. The molecule has 0 aliphatic rings. The van der Waals surface area contributed by atoms with Gasteiger partial charge in [0.15, 0.2) is 10.7 Å². The summed E-state index contributed by atoms with van der Waals surface area (Å²) in [6, 6.07) is 6.43. The molecule has 1 atom stereocenters. The zero-order chi connectivity index (χ0) is 14.7. The van der Waals surface area contributed by atoms with Crippen molar-refractivity contribution < 1.29 is 9.35 Å². The van der Waals surface area contributed by atoms with Crippen LogP contribution in [0, 0.1) is 0 Å². The second-order valence-corrected chi connectivity index (χ2v) is 5.90. The van der Waals surface area contributed by atoms with Gasteiger partial charge in [-0.3, -0.25) is 9.36 Å². The number of ketones is 1. The third-order valence-electron chi connectivity index (χ3n) is 2.65. The lowest BCUT2D eigenvalue weighted by molar-refractivity contribution is 0.0970. The molecule has 1 aromatic carbocycles. The smallest absolute Gasteiger partial charge is 0.348 e. The number of hydrogen-bond acceptors (Lipinski definition) is 4. The minimum atomic E-state index is -1.09. The first kappa shape index (κ1) is 14.8. The van der Waals surface area contributed by atoms with E-state index in [1.54, 1.807) is 30.5 Å². The molecule has 0 aliphatic carbocycles. The Balaban J connectivity index is 2.19. The molecule has 5 nitrogen and oxygen atoms in total. The van der Waals surface area contributed by atoms with E-state index in [9.17, 15) is 14.1 Å². The van der Waals surface area contributed by atoms with Crippen molar-refractivity contribution in [3.63, 3.8) is 0 Å². The van der Waals surface area contributed by atoms with E-state index < -0.39 is 16.9 Å². The average molecular weight is 311 g/mol. The van der Waals surface area contributed by atoms with E-state index >= 15 is 0 Å². The highest BCUT2D eigenvalue weighted by molar-refractivity contribution is 7.90. The van der Waals surface area contributed by atoms with Gasteiger partial charge in [-0.05, 0) is 35.4 Å². The second kappa shape index (κ2) is 6.21. The van der Waals surface area contributed by atoms with Crippen molar-refractivity contribution in [2.45, 2.75) is 11.4 Å². The maximum atomic E-state index is 12.1. The highest BCUT2D eigenvalue weighted by Gasteiger charge is 2.10. The molecule has 2 rings (SSSR count). The zero-order valence-electron chi connectivity index (χ0n) is 10.6. The molecule has 104 valence electrons. The number of nitrogens with zero attached hydrogens (tertiary/aromatic N) is 2. The largest absolute Gasteiger partial charge is 0.612 e. The summed E-state index contributed by atoms with van der Waals surface area (Å²) < 4.78 is 12.4. The molecule has 0 amide bonds. The van der Waals surface area contributed by atoms with E-state index in [1.807, 2.05) is 0 Å². The van der Waals surface area contributed by atoms with Gasteiger partial charge in [0, 0.05) is 11.8 Å². The minimum absolute atomic E-state index is 0.138. The number of carbonyl (C=O) groups is 1. The SMILES string of the molecule is C[S+]([O-])c1ccc(C(=O)Cn2cc(Cl)cnc2=O)cc1. The average Bonchev–Trinajstić information content (AvgIpc) is 2.43. The molecule has 1 unspecified atom stereocenters. The van der Waals surface area contributed by atoms with Crippen LogP contribution in [0.1, 0.15) is 10.4 Å². The summed E-state index contributed by atoms with van der Waals surface area (Å²) in [5.74, 6) is -0.246. The molecule has 0 bridgehead atoms. The van der Waals surface area contributed by atoms with Crippen LogP contribution in [0.15, 0.2) is 46.3 Å². The maximum Gasteiger partial charge on any atom is 0.348 e. The highest BCUT2D eigenvalue weighted by atomic mass is 35.5. The second-order valence-electron chi connectivity index (χ2n) is 4.08. The van der Waals surface area contributed by atoms with E-state index in [0.717, 1.165) is 4.57 Å². The maximum absolute atomic E-state index is 12.1. The number of aromatic nitrogens is 2. The molecular weight excluding hydrogens is 300 g/mol. The topological polar surface area (TPSA) is 75.0 Å². The molecule has 0 spiro atoms. The molecule has 0 saturated carbocycles. The molecule has 0 fully saturated rings. The Morgan fingerprint density at radius 3 is 2.65 bits per heavy atom. The molecular formula is C13H11ClN2O3S. The van der Waals surface area contributed by atoms with Crippen molar-refractivity contribution in [2.24, 2.45) is 0 Å². The van der Waals surface area contributed by atoms with Gasteiger partial charge in [-0.2, -0.15) is 0 Å².